The molecule has 2 atom stereocenters. The Morgan fingerprint density at radius 2 is 1.67 bits per heavy atom. The summed E-state index contributed by atoms with van der Waals surface area (Å²) in [6, 6.07) is -0.846. The number of nitrogens with one attached hydrogen (secondary N) is 2. The molecule has 2 aliphatic carbocycles. The standard InChI is InChI=1S/C19H32N2O6/c1-17(2,3)27-16(26)20-12(11-18(4)7-5-6-8-18)14(23)21-19(9-10-19)13(22)15(24)25/h12-13,22H,5-11H2,1-4H3,(H,20,26)(H,21,23)(H,24,25)/t12-,13?/m0/s1. The van der Waals surface area contributed by atoms with E-state index in [0.717, 1.165) is 25.7 Å². The van der Waals surface area contributed by atoms with Crippen molar-refractivity contribution in [2.45, 2.75) is 95.9 Å². The first-order chi connectivity index (χ1) is 12.4. The van der Waals surface area contributed by atoms with Gasteiger partial charge in [0.25, 0.3) is 0 Å². The first-order valence-electron chi connectivity index (χ1n) is 9.58. The van der Waals surface area contributed by atoms with Crippen molar-refractivity contribution in [1.82, 2.24) is 10.6 Å². The molecule has 0 aliphatic heterocycles. The number of ether oxygens (including phenoxy) is 1. The molecule has 0 aromatic heterocycles. The quantitative estimate of drug-likeness (QED) is 0.532. The van der Waals surface area contributed by atoms with Crippen molar-refractivity contribution in [2.24, 2.45) is 5.41 Å². The third-order valence-electron chi connectivity index (χ3n) is 5.43. The molecule has 0 radical (unpaired) electrons. The fourth-order valence-corrected chi connectivity index (χ4v) is 3.75. The van der Waals surface area contributed by atoms with Crippen molar-refractivity contribution >= 4 is 18.0 Å². The Hall–Kier alpha value is -1.83. The molecule has 0 aromatic rings. The van der Waals surface area contributed by atoms with Crippen LogP contribution in [0.4, 0.5) is 4.79 Å². The summed E-state index contributed by atoms with van der Waals surface area (Å²) in [7, 11) is 0. The third kappa shape index (κ3) is 5.82. The Labute approximate surface area is 160 Å². The van der Waals surface area contributed by atoms with Crippen LogP contribution in [0.2, 0.25) is 0 Å². The summed E-state index contributed by atoms with van der Waals surface area (Å²) in [4.78, 5) is 36.2. The number of carbonyl (C=O) groups is 3. The van der Waals surface area contributed by atoms with Gasteiger partial charge in [0, 0.05) is 0 Å². The molecule has 2 saturated carbocycles. The van der Waals surface area contributed by atoms with E-state index in [-0.39, 0.29) is 5.41 Å². The lowest BCUT2D eigenvalue weighted by molar-refractivity contribution is -0.149. The van der Waals surface area contributed by atoms with Gasteiger partial charge in [0.2, 0.25) is 5.91 Å². The molecule has 0 bridgehead atoms. The highest BCUT2D eigenvalue weighted by Crippen LogP contribution is 2.42. The van der Waals surface area contributed by atoms with Crippen molar-refractivity contribution in [3.05, 3.63) is 0 Å². The molecular formula is C19H32N2O6. The number of aliphatic carboxylic acids is 1. The zero-order valence-corrected chi connectivity index (χ0v) is 16.6. The highest BCUT2D eigenvalue weighted by Gasteiger charge is 2.54. The topological polar surface area (TPSA) is 125 Å². The van der Waals surface area contributed by atoms with Crippen LogP contribution < -0.4 is 10.6 Å². The number of carboxylic acids is 1. The van der Waals surface area contributed by atoms with Crippen molar-refractivity contribution in [3.8, 4) is 0 Å². The van der Waals surface area contributed by atoms with E-state index in [1.165, 1.54) is 0 Å². The van der Waals surface area contributed by atoms with Gasteiger partial charge in [0.15, 0.2) is 6.10 Å². The number of rotatable bonds is 7. The second kappa shape index (κ2) is 7.66. The molecule has 0 spiro atoms. The summed E-state index contributed by atoms with van der Waals surface area (Å²) in [5.74, 6) is -1.85. The molecule has 8 heteroatoms. The largest absolute Gasteiger partial charge is 0.479 e. The summed E-state index contributed by atoms with van der Waals surface area (Å²) < 4.78 is 5.27. The molecule has 0 aromatic carbocycles. The van der Waals surface area contributed by atoms with E-state index in [0.29, 0.717) is 19.3 Å². The van der Waals surface area contributed by atoms with Crippen LogP contribution in [0, 0.1) is 5.41 Å². The monoisotopic (exact) mass is 384 g/mol. The Bertz CT molecular complexity index is 587. The minimum Gasteiger partial charge on any atom is -0.479 e. The van der Waals surface area contributed by atoms with Gasteiger partial charge in [-0.15, -0.1) is 0 Å². The summed E-state index contributed by atoms with van der Waals surface area (Å²) in [6.45, 7) is 7.31. The first-order valence-corrected chi connectivity index (χ1v) is 9.58. The highest BCUT2D eigenvalue weighted by atomic mass is 16.6. The predicted molar refractivity (Wildman–Crippen MR) is 98.1 cm³/mol. The van der Waals surface area contributed by atoms with Crippen molar-refractivity contribution in [1.29, 1.82) is 0 Å². The summed E-state index contributed by atoms with van der Waals surface area (Å²) in [6.07, 6.45) is 2.98. The van der Waals surface area contributed by atoms with Crippen LogP contribution in [0.15, 0.2) is 0 Å². The predicted octanol–water partition coefficient (Wildman–Crippen LogP) is 1.94. The molecule has 0 saturated heterocycles. The number of aliphatic hydroxyl groups is 1. The van der Waals surface area contributed by atoms with Gasteiger partial charge in [0.1, 0.15) is 11.6 Å². The van der Waals surface area contributed by atoms with Gasteiger partial charge in [-0.25, -0.2) is 9.59 Å². The van der Waals surface area contributed by atoms with Gasteiger partial charge >= 0.3 is 12.1 Å². The molecular weight excluding hydrogens is 352 g/mol. The highest BCUT2D eigenvalue weighted by molar-refractivity contribution is 5.87. The second-order valence-electron chi connectivity index (χ2n) is 9.31. The molecule has 27 heavy (non-hydrogen) atoms. The zero-order chi connectivity index (χ0) is 20.5. The van der Waals surface area contributed by atoms with Crippen molar-refractivity contribution in [2.75, 3.05) is 0 Å². The SMILES string of the molecule is CC1(C[C@H](NC(=O)OC(C)(C)C)C(=O)NC2(C(O)C(=O)O)CC2)CCCC1. The lowest BCUT2D eigenvalue weighted by Crippen LogP contribution is -2.56. The van der Waals surface area contributed by atoms with Crippen molar-refractivity contribution < 1.29 is 29.3 Å². The number of carbonyl (C=O) groups excluding carboxylic acids is 2. The average molecular weight is 384 g/mol. The summed E-state index contributed by atoms with van der Waals surface area (Å²) in [5, 5.41) is 24.3. The fourth-order valence-electron chi connectivity index (χ4n) is 3.75. The summed E-state index contributed by atoms with van der Waals surface area (Å²) >= 11 is 0. The zero-order valence-electron chi connectivity index (χ0n) is 16.6. The first kappa shape index (κ1) is 21.5. The van der Waals surface area contributed by atoms with E-state index >= 15 is 0 Å². The molecule has 2 aliphatic rings. The van der Waals surface area contributed by atoms with Crippen LogP contribution >= 0.6 is 0 Å². The molecule has 4 N–H and O–H groups in total. The minimum atomic E-state index is -1.66. The van der Waals surface area contributed by atoms with E-state index < -0.39 is 41.3 Å². The number of alkyl carbamates (subject to hydrolysis) is 1. The number of carboxylic acid groups (broad SMARTS) is 1. The smallest absolute Gasteiger partial charge is 0.408 e. The van der Waals surface area contributed by atoms with E-state index in [9.17, 15) is 19.5 Å². The maximum absolute atomic E-state index is 12.9. The number of hydrogen-bond acceptors (Lipinski definition) is 5. The Morgan fingerprint density at radius 3 is 2.11 bits per heavy atom. The summed E-state index contributed by atoms with van der Waals surface area (Å²) in [5.41, 5.74) is -1.91. The maximum Gasteiger partial charge on any atom is 0.408 e. The Morgan fingerprint density at radius 1 is 1.11 bits per heavy atom. The van der Waals surface area contributed by atoms with Gasteiger partial charge in [0.05, 0.1) is 5.54 Å². The van der Waals surface area contributed by atoms with E-state index in [2.05, 4.69) is 17.6 Å². The van der Waals surface area contributed by atoms with Crippen LogP contribution in [0.3, 0.4) is 0 Å². The average Bonchev–Trinajstić information content (AvgIpc) is 3.17. The van der Waals surface area contributed by atoms with Gasteiger partial charge < -0.3 is 25.6 Å². The molecule has 154 valence electrons. The third-order valence-corrected chi connectivity index (χ3v) is 5.43. The number of aliphatic hydroxyl groups excluding tert-OH is 1. The van der Waals surface area contributed by atoms with Crippen LogP contribution in [0.1, 0.15) is 72.6 Å². The molecule has 2 fully saturated rings. The fraction of sp³-hybridized carbons (Fsp3) is 0.842. The molecule has 2 amide bonds. The maximum atomic E-state index is 12.9. The van der Waals surface area contributed by atoms with Gasteiger partial charge in [-0.3, -0.25) is 4.79 Å². The Balaban J connectivity index is 2.09. The van der Waals surface area contributed by atoms with Crippen LogP contribution in [0.25, 0.3) is 0 Å². The normalized spacial score (nSPS) is 22.4. The van der Waals surface area contributed by atoms with E-state index in [1.807, 2.05) is 0 Å². The van der Waals surface area contributed by atoms with Crippen molar-refractivity contribution in [3.63, 3.8) is 0 Å². The van der Waals surface area contributed by atoms with Gasteiger partial charge in [-0.2, -0.15) is 0 Å². The number of amides is 2. The lowest BCUT2D eigenvalue weighted by Gasteiger charge is -2.31. The van der Waals surface area contributed by atoms with Crippen LogP contribution in [-0.4, -0.2) is 51.5 Å². The van der Waals surface area contributed by atoms with Crippen LogP contribution in [-0.2, 0) is 14.3 Å². The second-order valence-corrected chi connectivity index (χ2v) is 9.31. The van der Waals surface area contributed by atoms with E-state index in [1.54, 1.807) is 20.8 Å². The molecule has 2 rings (SSSR count). The lowest BCUT2D eigenvalue weighted by atomic mass is 9.81. The number of hydrogen-bond donors (Lipinski definition) is 4. The van der Waals surface area contributed by atoms with Gasteiger partial charge in [-0.1, -0.05) is 19.8 Å². The Kier molecular flexibility index (Phi) is 6.09. The van der Waals surface area contributed by atoms with Gasteiger partial charge in [-0.05, 0) is 58.3 Å². The van der Waals surface area contributed by atoms with Crippen LogP contribution in [0.5, 0.6) is 0 Å². The molecule has 1 unspecified atom stereocenters. The van der Waals surface area contributed by atoms with E-state index in [4.69, 9.17) is 9.84 Å². The minimum absolute atomic E-state index is 0.0703. The molecule has 0 heterocycles. The molecule has 8 nitrogen and oxygen atoms in total.